The fraction of sp³-hybridized carbons (Fsp3) is 1.00. The van der Waals surface area contributed by atoms with Crippen molar-refractivity contribution in [2.45, 2.75) is 91.3 Å². The number of hydrogen-bond acceptors (Lipinski definition) is 4. The molecule has 22 heavy (non-hydrogen) atoms. The Hall–Kier alpha value is -0.160. The molecule has 2 fully saturated rings. The van der Waals surface area contributed by atoms with Crippen molar-refractivity contribution in [3.8, 4) is 0 Å². The van der Waals surface area contributed by atoms with Crippen molar-refractivity contribution >= 4 is 0 Å². The van der Waals surface area contributed by atoms with Gasteiger partial charge in [-0.05, 0) is 45.4 Å². The molecule has 3 atom stereocenters. The summed E-state index contributed by atoms with van der Waals surface area (Å²) in [4.78, 5) is 2.71. The maximum atomic E-state index is 5.83. The summed E-state index contributed by atoms with van der Waals surface area (Å²) >= 11 is 0. The number of ether oxygens (including phenoxy) is 2. The van der Waals surface area contributed by atoms with Gasteiger partial charge < -0.3 is 15.2 Å². The fourth-order valence-corrected chi connectivity index (χ4v) is 4.19. The molecule has 2 saturated heterocycles. The molecule has 0 spiro atoms. The second kappa shape index (κ2) is 6.39. The van der Waals surface area contributed by atoms with E-state index in [9.17, 15) is 0 Å². The molecule has 2 N–H and O–H groups in total. The van der Waals surface area contributed by atoms with Crippen LogP contribution in [-0.4, -0.2) is 48.1 Å². The molecule has 2 heterocycles. The van der Waals surface area contributed by atoms with Gasteiger partial charge in [-0.25, -0.2) is 0 Å². The molecule has 0 aromatic heterocycles. The summed E-state index contributed by atoms with van der Waals surface area (Å²) in [6, 6.07) is 1.18. The Morgan fingerprint density at radius 3 is 2.00 bits per heavy atom. The van der Waals surface area contributed by atoms with Gasteiger partial charge in [-0.3, -0.25) is 4.90 Å². The number of hydrogen-bond donors (Lipinski definition) is 1. The monoisotopic (exact) mass is 312 g/mol. The highest BCUT2D eigenvalue weighted by Crippen LogP contribution is 2.44. The lowest BCUT2D eigenvalue weighted by atomic mass is 9.82. The van der Waals surface area contributed by atoms with E-state index in [0.29, 0.717) is 31.2 Å². The first-order valence-corrected chi connectivity index (χ1v) is 8.77. The predicted molar refractivity (Wildman–Crippen MR) is 90.7 cm³/mol. The lowest BCUT2D eigenvalue weighted by Gasteiger charge is -2.45. The Kier molecular flexibility index (Phi) is 5.28. The van der Waals surface area contributed by atoms with Crippen LogP contribution in [0.5, 0.6) is 0 Å². The second-order valence-corrected chi connectivity index (χ2v) is 9.29. The standard InChI is InChI=1S/C18H36N2O2/c1-12-13(9-16-21-10-14(19)11-22-16)8-15(17(2,3)4)20(12)18(5,6)7/h12-16H,8-11,19H2,1-7H3/t12-,13-,14?,15+,16?/m1/s1. The molecule has 0 saturated carbocycles. The van der Waals surface area contributed by atoms with Gasteiger partial charge in [-0.15, -0.1) is 0 Å². The molecule has 0 unspecified atom stereocenters. The van der Waals surface area contributed by atoms with Crippen molar-refractivity contribution in [2.24, 2.45) is 17.1 Å². The van der Waals surface area contributed by atoms with Crippen molar-refractivity contribution in [3.63, 3.8) is 0 Å². The van der Waals surface area contributed by atoms with E-state index >= 15 is 0 Å². The third-order valence-corrected chi connectivity index (χ3v) is 5.24. The van der Waals surface area contributed by atoms with Gasteiger partial charge in [0.1, 0.15) is 0 Å². The van der Waals surface area contributed by atoms with Crippen LogP contribution in [0.2, 0.25) is 0 Å². The average Bonchev–Trinajstić information content (AvgIpc) is 2.69. The van der Waals surface area contributed by atoms with Gasteiger partial charge in [0.15, 0.2) is 6.29 Å². The van der Waals surface area contributed by atoms with Crippen LogP contribution in [0.25, 0.3) is 0 Å². The smallest absolute Gasteiger partial charge is 0.158 e. The zero-order valence-electron chi connectivity index (χ0n) is 15.6. The summed E-state index contributed by atoms with van der Waals surface area (Å²) < 4.78 is 11.6. The topological polar surface area (TPSA) is 47.7 Å². The summed E-state index contributed by atoms with van der Waals surface area (Å²) in [5.74, 6) is 0.614. The average molecular weight is 312 g/mol. The van der Waals surface area contributed by atoms with Gasteiger partial charge >= 0.3 is 0 Å². The minimum Gasteiger partial charge on any atom is -0.351 e. The third-order valence-electron chi connectivity index (χ3n) is 5.24. The number of nitrogens with zero attached hydrogens (tertiary/aromatic N) is 1. The van der Waals surface area contributed by atoms with Crippen molar-refractivity contribution in [3.05, 3.63) is 0 Å². The van der Waals surface area contributed by atoms with E-state index in [1.165, 1.54) is 6.42 Å². The Bertz CT molecular complexity index is 364. The van der Waals surface area contributed by atoms with E-state index in [1.807, 2.05) is 0 Å². The maximum absolute atomic E-state index is 5.83. The zero-order chi connectivity index (χ0) is 16.7. The van der Waals surface area contributed by atoms with Crippen molar-refractivity contribution in [1.29, 1.82) is 0 Å². The lowest BCUT2D eigenvalue weighted by Crippen LogP contribution is -2.52. The van der Waals surface area contributed by atoms with Crippen LogP contribution in [0.3, 0.4) is 0 Å². The summed E-state index contributed by atoms with van der Waals surface area (Å²) in [6.45, 7) is 17.7. The second-order valence-electron chi connectivity index (χ2n) is 9.29. The van der Waals surface area contributed by atoms with E-state index < -0.39 is 0 Å². The molecule has 4 heteroatoms. The number of likely N-dealkylation sites (tertiary alicyclic amines) is 1. The molecule has 2 aliphatic rings. The van der Waals surface area contributed by atoms with E-state index in [4.69, 9.17) is 15.2 Å². The van der Waals surface area contributed by atoms with Crippen molar-refractivity contribution < 1.29 is 9.47 Å². The van der Waals surface area contributed by atoms with Crippen LogP contribution in [0.1, 0.15) is 61.3 Å². The quantitative estimate of drug-likeness (QED) is 0.851. The molecule has 0 bridgehead atoms. The first-order chi connectivity index (χ1) is 10.00. The summed E-state index contributed by atoms with van der Waals surface area (Å²) in [5.41, 5.74) is 6.30. The normalized spacial score (nSPS) is 38.5. The highest BCUT2D eigenvalue weighted by Gasteiger charge is 2.48. The van der Waals surface area contributed by atoms with E-state index in [1.54, 1.807) is 0 Å². The molecule has 0 amide bonds. The highest BCUT2D eigenvalue weighted by molar-refractivity contribution is 5.01. The van der Waals surface area contributed by atoms with Gasteiger partial charge in [-0.2, -0.15) is 0 Å². The summed E-state index contributed by atoms with van der Waals surface area (Å²) in [5, 5.41) is 0. The first-order valence-electron chi connectivity index (χ1n) is 8.77. The van der Waals surface area contributed by atoms with Gasteiger partial charge in [-0.1, -0.05) is 20.8 Å². The van der Waals surface area contributed by atoms with Gasteiger partial charge in [0, 0.05) is 24.0 Å². The van der Waals surface area contributed by atoms with Crippen LogP contribution in [0.15, 0.2) is 0 Å². The minimum absolute atomic E-state index is 0.0330. The highest BCUT2D eigenvalue weighted by atomic mass is 16.7. The van der Waals surface area contributed by atoms with Crippen LogP contribution in [0.4, 0.5) is 0 Å². The summed E-state index contributed by atoms with van der Waals surface area (Å²) in [6.07, 6.45) is 2.12. The molecular formula is C18H36N2O2. The molecule has 4 nitrogen and oxygen atoms in total. The van der Waals surface area contributed by atoms with E-state index in [0.717, 1.165) is 6.42 Å². The number of rotatable bonds is 2. The molecule has 2 rings (SSSR count). The molecular weight excluding hydrogens is 276 g/mol. The van der Waals surface area contributed by atoms with Crippen LogP contribution < -0.4 is 5.73 Å². The number of nitrogens with two attached hydrogens (primary N) is 1. The van der Waals surface area contributed by atoms with Gasteiger partial charge in [0.05, 0.1) is 19.3 Å². The Balaban J connectivity index is 2.07. The van der Waals surface area contributed by atoms with Gasteiger partial charge in [0.2, 0.25) is 0 Å². The van der Waals surface area contributed by atoms with E-state index in [2.05, 4.69) is 53.4 Å². The SMILES string of the molecule is C[C@@H]1[C@@H](CC2OCC(N)CO2)C[C@@H](C(C)(C)C)N1C(C)(C)C. The Morgan fingerprint density at radius 1 is 1.05 bits per heavy atom. The minimum atomic E-state index is -0.0761. The van der Waals surface area contributed by atoms with E-state index in [-0.39, 0.29) is 23.3 Å². The van der Waals surface area contributed by atoms with Gasteiger partial charge in [0.25, 0.3) is 0 Å². The molecule has 0 aromatic carbocycles. The van der Waals surface area contributed by atoms with Crippen LogP contribution >= 0.6 is 0 Å². The van der Waals surface area contributed by atoms with Crippen molar-refractivity contribution in [1.82, 2.24) is 4.90 Å². The molecule has 130 valence electrons. The molecule has 0 radical (unpaired) electrons. The maximum Gasteiger partial charge on any atom is 0.158 e. The molecule has 2 aliphatic heterocycles. The first kappa shape index (κ1) is 18.2. The van der Waals surface area contributed by atoms with Crippen LogP contribution in [-0.2, 0) is 9.47 Å². The largest absolute Gasteiger partial charge is 0.351 e. The fourth-order valence-electron chi connectivity index (χ4n) is 4.19. The zero-order valence-corrected chi connectivity index (χ0v) is 15.6. The predicted octanol–water partition coefficient (Wildman–Crippen LogP) is 3.00. The van der Waals surface area contributed by atoms with Crippen LogP contribution in [0, 0.1) is 11.3 Å². The molecule has 0 aliphatic carbocycles. The Labute approximate surface area is 136 Å². The Morgan fingerprint density at radius 2 is 1.59 bits per heavy atom. The lowest BCUT2D eigenvalue weighted by molar-refractivity contribution is -0.193. The van der Waals surface area contributed by atoms with Crippen molar-refractivity contribution in [2.75, 3.05) is 13.2 Å². The third kappa shape index (κ3) is 4.02. The molecule has 0 aromatic rings. The summed E-state index contributed by atoms with van der Waals surface area (Å²) in [7, 11) is 0.